The van der Waals surface area contributed by atoms with Gasteiger partial charge in [-0.1, -0.05) is 0 Å². The third-order valence-corrected chi connectivity index (χ3v) is 2.27. The Hall–Kier alpha value is -1.93. The van der Waals surface area contributed by atoms with Crippen LogP contribution in [0.2, 0.25) is 0 Å². The molecule has 1 aromatic carbocycles. The summed E-state index contributed by atoms with van der Waals surface area (Å²) in [6.45, 7) is -0.815. The van der Waals surface area contributed by atoms with Crippen molar-refractivity contribution in [1.29, 1.82) is 0 Å². The first-order valence-electron chi connectivity index (χ1n) is 5.03. The second-order valence-corrected chi connectivity index (χ2v) is 3.47. The van der Waals surface area contributed by atoms with Gasteiger partial charge in [-0.2, -0.15) is 0 Å². The summed E-state index contributed by atoms with van der Waals surface area (Å²) in [4.78, 5) is 9.87. The summed E-state index contributed by atoms with van der Waals surface area (Å²) >= 11 is 0. The van der Waals surface area contributed by atoms with Gasteiger partial charge in [0.05, 0.1) is 43.0 Å². The number of rotatable bonds is 6. The second kappa shape index (κ2) is 6.12. The summed E-state index contributed by atoms with van der Waals surface area (Å²) in [7, 11) is 1.22. The Balaban J connectivity index is 3.11. The van der Waals surface area contributed by atoms with E-state index >= 15 is 0 Å². The SMILES string of the molecule is COc1cc(NC(CO)CO)c(F)cc1[N+](=O)[O-]. The van der Waals surface area contributed by atoms with Crippen molar-refractivity contribution in [3.05, 3.63) is 28.1 Å². The van der Waals surface area contributed by atoms with Crippen molar-refractivity contribution in [2.75, 3.05) is 25.6 Å². The normalized spacial score (nSPS) is 10.5. The maximum Gasteiger partial charge on any atom is 0.313 e. The summed E-state index contributed by atoms with van der Waals surface area (Å²) < 4.78 is 18.4. The molecule has 0 radical (unpaired) electrons. The van der Waals surface area contributed by atoms with Gasteiger partial charge in [0.1, 0.15) is 0 Å². The fourth-order valence-electron chi connectivity index (χ4n) is 1.33. The maximum absolute atomic E-state index is 13.6. The summed E-state index contributed by atoms with van der Waals surface area (Å²) in [6.07, 6.45) is 0. The highest BCUT2D eigenvalue weighted by Crippen LogP contribution is 2.32. The number of methoxy groups -OCH3 is 1. The minimum Gasteiger partial charge on any atom is -0.490 e. The molecule has 18 heavy (non-hydrogen) atoms. The van der Waals surface area contributed by atoms with Gasteiger partial charge in [-0.05, 0) is 0 Å². The van der Waals surface area contributed by atoms with Crippen LogP contribution in [0.15, 0.2) is 12.1 Å². The van der Waals surface area contributed by atoms with Crippen molar-refractivity contribution in [3.8, 4) is 5.75 Å². The molecule has 3 N–H and O–H groups in total. The van der Waals surface area contributed by atoms with E-state index in [1.165, 1.54) is 7.11 Å². The first-order valence-corrected chi connectivity index (χ1v) is 5.03. The minimum absolute atomic E-state index is 0.0921. The Bertz CT molecular complexity index is 437. The number of anilines is 1. The zero-order chi connectivity index (χ0) is 13.7. The second-order valence-electron chi connectivity index (χ2n) is 3.47. The van der Waals surface area contributed by atoms with E-state index in [0.29, 0.717) is 6.07 Å². The van der Waals surface area contributed by atoms with Crippen LogP contribution in [0.1, 0.15) is 0 Å². The zero-order valence-corrected chi connectivity index (χ0v) is 9.59. The molecule has 0 aliphatic carbocycles. The zero-order valence-electron chi connectivity index (χ0n) is 9.59. The molecular weight excluding hydrogens is 247 g/mol. The van der Waals surface area contributed by atoms with E-state index in [2.05, 4.69) is 5.32 Å². The number of aliphatic hydroxyl groups excluding tert-OH is 2. The number of nitro groups is 1. The fourth-order valence-corrected chi connectivity index (χ4v) is 1.33. The number of aliphatic hydroxyl groups is 2. The van der Waals surface area contributed by atoms with Gasteiger partial charge in [0.15, 0.2) is 11.6 Å². The summed E-state index contributed by atoms with van der Waals surface area (Å²) in [5.74, 6) is -0.979. The number of nitrogens with one attached hydrogen (secondary N) is 1. The third kappa shape index (κ3) is 3.05. The Morgan fingerprint density at radius 3 is 2.56 bits per heavy atom. The summed E-state index contributed by atoms with van der Waals surface area (Å²) in [5.41, 5.74) is -0.587. The highest BCUT2D eigenvalue weighted by Gasteiger charge is 2.20. The molecule has 7 nitrogen and oxygen atoms in total. The Morgan fingerprint density at radius 1 is 1.50 bits per heavy atom. The van der Waals surface area contributed by atoms with Gasteiger partial charge in [-0.15, -0.1) is 0 Å². The summed E-state index contributed by atoms with van der Waals surface area (Å²) in [5, 5.41) is 30.9. The predicted octanol–water partition coefficient (Wildman–Crippen LogP) is 0.508. The van der Waals surface area contributed by atoms with E-state index in [4.69, 9.17) is 14.9 Å². The van der Waals surface area contributed by atoms with E-state index < -0.39 is 35.7 Å². The molecule has 1 rings (SSSR count). The van der Waals surface area contributed by atoms with Crippen LogP contribution < -0.4 is 10.1 Å². The molecule has 0 saturated heterocycles. The Morgan fingerprint density at radius 2 is 2.11 bits per heavy atom. The number of ether oxygens (including phenoxy) is 1. The van der Waals surface area contributed by atoms with Crippen molar-refractivity contribution in [2.45, 2.75) is 6.04 Å². The lowest BCUT2D eigenvalue weighted by atomic mass is 10.2. The molecule has 0 atom stereocenters. The molecule has 8 heteroatoms. The third-order valence-electron chi connectivity index (χ3n) is 2.27. The van der Waals surface area contributed by atoms with Gasteiger partial charge in [-0.25, -0.2) is 4.39 Å². The van der Waals surface area contributed by atoms with Crippen LogP contribution >= 0.6 is 0 Å². The number of hydrogen-bond donors (Lipinski definition) is 3. The largest absolute Gasteiger partial charge is 0.490 e. The predicted molar refractivity (Wildman–Crippen MR) is 61.2 cm³/mol. The molecule has 1 aromatic rings. The standard InChI is InChI=1S/C10H13FN2O5/c1-18-10-3-8(12-6(4-14)5-15)7(11)2-9(10)13(16)17/h2-3,6,12,14-15H,4-5H2,1H3. The average molecular weight is 260 g/mol. The van der Waals surface area contributed by atoms with Crippen LogP contribution in [0, 0.1) is 15.9 Å². The van der Waals surface area contributed by atoms with Gasteiger partial charge >= 0.3 is 5.69 Å². The summed E-state index contributed by atoms with van der Waals surface area (Å²) in [6, 6.07) is 1.06. The molecule has 0 aliphatic heterocycles. The molecule has 0 spiro atoms. The van der Waals surface area contributed by atoms with E-state index in [1.807, 2.05) is 0 Å². The smallest absolute Gasteiger partial charge is 0.313 e. The van der Waals surface area contributed by atoms with E-state index in [9.17, 15) is 14.5 Å². The molecule has 0 bridgehead atoms. The lowest BCUT2D eigenvalue weighted by Gasteiger charge is -2.16. The molecule has 0 unspecified atom stereocenters. The van der Waals surface area contributed by atoms with Crippen LogP contribution in [0.25, 0.3) is 0 Å². The van der Waals surface area contributed by atoms with Crippen LogP contribution in [-0.4, -0.2) is 41.5 Å². The van der Waals surface area contributed by atoms with Crippen molar-refractivity contribution >= 4 is 11.4 Å². The van der Waals surface area contributed by atoms with Crippen molar-refractivity contribution in [2.24, 2.45) is 0 Å². The molecule has 0 saturated carbocycles. The first-order chi connectivity index (χ1) is 8.53. The Kier molecular flexibility index (Phi) is 4.81. The number of halogens is 1. The molecule has 0 fully saturated rings. The highest BCUT2D eigenvalue weighted by atomic mass is 19.1. The van der Waals surface area contributed by atoms with Gasteiger partial charge in [0, 0.05) is 6.07 Å². The molecule has 0 aromatic heterocycles. The van der Waals surface area contributed by atoms with E-state index in [0.717, 1.165) is 6.07 Å². The number of nitrogens with zero attached hydrogens (tertiary/aromatic N) is 1. The van der Waals surface area contributed by atoms with Gasteiger partial charge in [0.25, 0.3) is 0 Å². The maximum atomic E-state index is 13.6. The van der Waals surface area contributed by atoms with Crippen molar-refractivity contribution in [3.63, 3.8) is 0 Å². The fraction of sp³-hybridized carbons (Fsp3) is 0.400. The van der Waals surface area contributed by atoms with E-state index in [-0.39, 0.29) is 11.4 Å². The lowest BCUT2D eigenvalue weighted by Crippen LogP contribution is -2.28. The van der Waals surface area contributed by atoms with Gasteiger partial charge < -0.3 is 20.3 Å². The first kappa shape index (κ1) is 14.1. The van der Waals surface area contributed by atoms with Crippen molar-refractivity contribution < 1.29 is 24.3 Å². The average Bonchev–Trinajstić information content (AvgIpc) is 2.36. The lowest BCUT2D eigenvalue weighted by molar-refractivity contribution is -0.385. The molecule has 0 amide bonds. The van der Waals surface area contributed by atoms with Gasteiger partial charge in [-0.3, -0.25) is 10.1 Å². The molecule has 100 valence electrons. The topological polar surface area (TPSA) is 105 Å². The minimum atomic E-state index is -0.866. The Labute approximate surface area is 102 Å². The molecular formula is C10H13FN2O5. The van der Waals surface area contributed by atoms with E-state index in [1.54, 1.807) is 0 Å². The highest BCUT2D eigenvalue weighted by molar-refractivity contribution is 5.59. The quantitative estimate of drug-likeness (QED) is 0.508. The monoisotopic (exact) mass is 260 g/mol. The number of hydrogen-bond acceptors (Lipinski definition) is 6. The molecule has 0 heterocycles. The van der Waals surface area contributed by atoms with Gasteiger partial charge in [0.2, 0.25) is 0 Å². The number of benzene rings is 1. The number of nitro benzene ring substituents is 1. The van der Waals surface area contributed by atoms with Crippen LogP contribution in [-0.2, 0) is 0 Å². The molecule has 0 aliphatic rings. The van der Waals surface area contributed by atoms with Crippen LogP contribution in [0.3, 0.4) is 0 Å². The van der Waals surface area contributed by atoms with Crippen LogP contribution in [0.5, 0.6) is 5.75 Å². The van der Waals surface area contributed by atoms with Crippen LogP contribution in [0.4, 0.5) is 15.8 Å². The van der Waals surface area contributed by atoms with Crippen molar-refractivity contribution in [1.82, 2.24) is 0 Å².